The number of carbonyl (C=O) groups excluding carboxylic acids is 1. The second kappa shape index (κ2) is 7.88. The standard InChI is InChI=1S/C22H18F3N5O2/c23-22(24,25)17-7-4-8-18(28-19(26)31)21(17,30-13-27-20(32)29-30)16-11-9-15(10-12-16)14-5-2-1-3-6-14/h1-13,18H,(H,29,32)(H3,26,28,31). The third kappa shape index (κ3) is 3.59. The van der Waals surface area contributed by atoms with Crippen LogP contribution in [0.5, 0.6) is 0 Å². The molecule has 10 heteroatoms. The van der Waals surface area contributed by atoms with Gasteiger partial charge in [-0.3, -0.25) is 4.68 Å². The highest BCUT2D eigenvalue weighted by molar-refractivity contribution is 5.73. The summed E-state index contributed by atoms with van der Waals surface area (Å²) in [5, 5.41) is 4.69. The smallest absolute Gasteiger partial charge is 0.352 e. The molecule has 0 bridgehead atoms. The minimum atomic E-state index is -4.80. The van der Waals surface area contributed by atoms with E-state index in [1.165, 1.54) is 24.3 Å². The Kier molecular flexibility index (Phi) is 5.21. The second-order valence-electron chi connectivity index (χ2n) is 7.19. The monoisotopic (exact) mass is 441 g/mol. The first-order chi connectivity index (χ1) is 15.2. The number of primary amides is 1. The fourth-order valence-electron chi connectivity index (χ4n) is 4.06. The van der Waals surface area contributed by atoms with Crippen molar-refractivity contribution in [2.24, 2.45) is 5.73 Å². The van der Waals surface area contributed by atoms with Gasteiger partial charge in [0.25, 0.3) is 0 Å². The van der Waals surface area contributed by atoms with E-state index in [-0.39, 0.29) is 5.56 Å². The quantitative estimate of drug-likeness (QED) is 0.579. The zero-order valence-corrected chi connectivity index (χ0v) is 16.5. The van der Waals surface area contributed by atoms with Crippen LogP contribution in [0.4, 0.5) is 18.0 Å². The lowest BCUT2D eigenvalue weighted by Crippen LogP contribution is -2.59. The van der Waals surface area contributed by atoms with Crippen molar-refractivity contribution < 1.29 is 18.0 Å². The molecule has 0 spiro atoms. The lowest BCUT2D eigenvalue weighted by Gasteiger charge is -2.44. The number of amides is 2. The lowest BCUT2D eigenvalue weighted by molar-refractivity contribution is -0.105. The Morgan fingerprint density at radius 3 is 2.31 bits per heavy atom. The maximum absolute atomic E-state index is 14.3. The van der Waals surface area contributed by atoms with Gasteiger partial charge in [-0.25, -0.2) is 14.7 Å². The Hall–Kier alpha value is -4.08. The van der Waals surface area contributed by atoms with Gasteiger partial charge in [-0.15, -0.1) is 0 Å². The number of aromatic nitrogens is 3. The fourth-order valence-corrected chi connectivity index (χ4v) is 4.06. The van der Waals surface area contributed by atoms with Crippen LogP contribution in [0.2, 0.25) is 0 Å². The highest BCUT2D eigenvalue weighted by Gasteiger charge is 2.56. The molecule has 2 atom stereocenters. The van der Waals surface area contributed by atoms with Crippen LogP contribution in [-0.2, 0) is 5.54 Å². The van der Waals surface area contributed by atoms with Gasteiger partial charge >= 0.3 is 17.9 Å². The summed E-state index contributed by atoms with van der Waals surface area (Å²) in [6.45, 7) is 0. The predicted molar refractivity (Wildman–Crippen MR) is 112 cm³/mol. The Balaban J connectivity index is 1.98. The van der Waals surface area contributed by atoms with Crippen LogP contribution in [0.15, 0.2) is 89.5 Å². The number of nitrogens with one attached hydrogen (secondary N) is 2. The molecular formula is C22H18F3N5O2. The summed E-state index contributed by atoms with van der Waals surface area (Å²) in [6, 6.07) is 13.4. The number of nitrogens with two attached hydrogens (primary N) is 1. The normalized spacial score (nSPS) is 20.6. The van der Waals surface area contributed by atoms with Gasteiger partial charge < -0.3 is 11.1 Å². The van der Waals surface area contributed by atoms with Crippen LogP contribution < -0.4 is 16.7 Å². The lowest BCUT2D eigenvalue weighted by atomic mass is 9.73. The summed E-state index contributed by atoms with van der Waals surface area (Å²) >= 11 is 0. The van der Waals surface area contributed by atoms with E-state index in [0.717, 1.165) is 28.2 Å². The molecule has 0 fully saturated rings. The number of aromatic amines is 1. The first kappa shape index (κ1) is 21.2. The first-order valence-corrected chi connectivity index (χ1v) is 9.55. The average molecular weight is 441 g/mol. The number of urea groups is 1. The molecule has 1 aliphatic rings. The van der Waals surface area contributed by atoms with Crippen molar-refractivity contribution in [1.29, 1.82) is 0 Å². The van der Waals surface area contributed by atoms with E-state index in [0.29, 0.717) is 0 Å². The zero-order chi connectivity index (χ0) is 22.9. The highest BCUT2D eigenvalue weighted by Crippen LogP contribution is 2.47. The molecule has 2 unspecified atom stereocenters. The van der Waals surface area contributed by atoms with E-state index in [1.807, 2.05) is 30.3 Å². The molecule has 7 nitrogen and oxygen atoms in total. The molecule has 1 aliphatic carbocycles. The van der Waals surface area contributed by atoms with E-state index in [9.17, 15) is 22.8 Å². The number of alkyl halides is 3. The van der Waals surface area contributed by atoms with E-state index < -0.39 is 35.1 Å². The Morgan fingerprint density at radius 2 is 1.75 bits per heavy atom. The third-order valence-corrected chi connectivity index (χ3v) is 5.35. The van der Waals surface area contributed by atoms with Crippen LogP contribution in [0.3, 0.4) is 0 Å². The van der Waals surface area contributed by atoms with Gasteiger partial charge in [-0.1, -0.05) is 72.8 Å². The second-order valence-corrected chi connectivity index (χ2v) is 7.19. The van der Waals surface area contributed by atoms with Crippen LogP contribution in [0.1, 0.15) is 5.56 Å². The minimum absolute atomic E-state index is 0.164. The van der Waals surface area contributed by atoms with Crippen molar-refractivity contribution in [3.63, 3.8) is 0 Å². The number of carbonyl (C=O) groups is 1. The molecule has 2 amide bonds. The molecule has 1 aromatic heterocycles. The van der Waals surface area contributed by atoms with Gasteiger partial charge in [-0.2, -0.15) is 18.2 Å². The van der Waals surface area contributed by atoms with Gasteiger partial charge in [0, 0.05) is 0 Å². The van der Waals surface area contributed by atoms with Gasteiger partial charge in [0.2, 0.25) is 0 Å². The van der Waals surface area contributed by atoms with Crippen LogP contribution >= 0.6 is 0 Å². The van der Waals surface area contributed by atoms with Crippen LogP contribution in [0.25, 0.3) is 11.1 Å². The number of H-pyrrole nitrogens is 1. The number of allylic oxidation sites excluding steroid dienone is 2. The van der Waals surface area contributed by atoms with Crippen molar-refractivity contribution in [2.45, 2.75) is 17.8 Å². The summed E-state index contributed by atoms with van der Waals surface area (Å²) < 4.78 is 43.8. The van der Waals surface area contributed by atoms with Crippen molar-refractivity contribution >= 4 is 6.03 Å². The summed E-state index contributed by atoms with van der Waals surface area (Å²) in [4.78, 5) is 27.1. The number of hydrogen-bond donors (Lipinski definition) is 3. The molecular weight excluding hydrogens is 423 g/mol. The van der Waals surface area contributed by atoms with Crippen molar-refractivity contribution in [2.75, 3.05) is 0 Å². The summed E-state index contributed by atoms with van der Waals surface area (Å²) in [5.41, 5.74) is 3.18. The third-order valence-electron chi connectivity index (χ3n) is 5.35. The molecule has 3 aromatic rings. The molecule has 4 rings (SSSR count). The van der Waals surface area contributed by atoms with Gasteiger partial charge in [0.1, 0.15) is 11.9 Å². The van der Waals surface area contributed by atoms with Crippen LogP contribution in [-0.4, -0.2) is 33.0 Å². The molecule has 0 saturated heterocycles. The minimum Gasteiger partial charge on any atom is -0.352 e. The Labute approximate surface area is 180 Å². The SMILES string of the molecule is NC(=O)NC1C=CC=C(C(F)(F)F)C1(c1ccc(-c2ccccc2)cc1)n1cnc(=O)[nH]1. The number of hydrogen-bond acceptors (Lipinski definition) is 3. The average Bonchev–Trinajstić information content (AvgIpc) is 3.20. The van der Waals surface area contributed by atoms with E-state index in [4.69, 9.17) is 5.73 Å². The van der Waals surface area contributed by atoms with Gasteiger partial charge in [-0.05, 0) is 16.7 Å². The van der Waals surface area contributed by atoms with Gasteiger partial charge in [0.05, 0.1) is 11.6 Å². The number of benzene rings is 2. The molecule has 164 valence electrons. The van der Waals surface area contributed by atoms with Gasteiger partial charge in [0.15, 0.2) is 0 Å². The summed E-state index contributed by atoms with van der Waals surface area (Å²) in [7, 11) is 0. The zero-order valence-electron chi connectivity index (χ0n) is 16.5. The molecule has 1 heterocycles. The van der Waals surface area contributed by atoms with Crippen molar-refractivity contribution in [3.8, 4) is 11.1 Å². The van der Waals surface area contributed by atoms with E-state index in [1.54, 1.807) is 12.1 Å². The highest BCUT2D eigenvalue weighted by atomic mass is 19.4. The molecule has 0 saturated carbocycles. The number of rotatable bonds is 4. The molecule has 0 aliphatic heterocycles. The predicted octanol–water partition coefficient (Wildman–Crippen LogP) is 3.08. The molecule has 32 heavy (non-hydrogen) atoms. The van der Waals surface area contributed by atoms with E-state index in [2.05, 4.69) is 15.4 Å². The van der Waals surface area contributed by atoms with Crippen molar-refractivity contribution in [3.05, 3.63) is 101 Å². The molecule has 0 radical (unpaired) electrons. The molecule has 2 aromatic carbocycles. The summed E-state index contributed by atoms with van der Waals surface area (Å²) in [5.74, 6) is 0. The fraction of sp³-hybridized carbons (Fsp3) is 0.136. The maximum Gasteiger partial charge on any atom is 0.415 e. The van der Waals surface area contributed by atoms with Crippen LogP contribution in [0, 0.1) is 0 Å². The van der Waals surface area contributed by atoms with E-state index >= 15 is 0 Å². The Bertz CT molecular complexity index is 1240. The summed E-state index contributed by atoms with van der Waals surface area (Å²) in [6.07, 6.45) is -0.357. The first-order valence-electron chi connectivity index (χ1n) is 9.55. The number of halogens is 3. The Morgan fingerprint density at radius 1 is 1.09 bits per heavy atom. The van der Waals surface area contributed by atoms with Crippen molar-refractivity contribution in [1.82, 2.24) is 20.1 Å². The topological polar surface area (TPSA) is 106 Å². The molecule has 4 N–H and O–H groups in total. The maximum atomic E-state index is 14.3. The largest absolute Gasteiger partial charge is 0.415 e. The number of nitrogens with zero attached hydrogens (tertiary/aromatic N) is 2.